The molecular weight excluding hydrogens is 348 g/mol. The minimum absolute atomic E-state index is 0.0752. The molecule has 0 saturated carbocycles. The first-order chi connectivity index (χ1) is 12.6. The maximum Gasteiger partial charge on any atom is 0.0864 e. The van der Waals surface area contributed by atoms with Crippen LogP contribution in [0.2, 0.25) is 18.1 Å². The van der Waals surface area contributed by atoms with Gasteiger partial charge in [-0.15, -0.1) is 0 Å². The number of allylic oxidation sites excluding steroid dienone is 1. The highest BCUT2D eigenvalue weighted by Crippen LogP contribution is 2.39. The minimum atomic E-state index is -1.60. The van der Waals surface area contributed by atoms with Gasteiger partial charge < -0.3 is 10.2 Å². The Balaban J connectivity index is 3.59. The zero-order valence-electron chi connectivity index (χ0n) is 19.4. The van der Waals surface area contributed by atoms with E-state index in [1.54, 1.807) is 0 Å². The first kappa shape index (κ1) is 26.9. The third-order valence-corrected chi connectivity index (χ3v) is 12.4. The summed E-state index contributed by atoms with van der Waals surface area (Å²) < 4.78 is 0. The summed E-state index contributed by atoms with van der Waals surface area (Å²) >= 11 is 0. The SMILES string of the molecule is CCCCCCC(O)C/C=C\CCCCCCCC(O)[Si](C)(C)C(C)(C)C. The fraction of sp³-hybridized carbons (Fsp3) is 0.917. The lowest BCUT2D eigenvalue weighted by Gasteiger charge is -2.40. The van der Waals surface area contributed by atoms with Crippen LogP contribution in [-0.2, 0) is 0 Å². The summed E-state index contributed by atoms with van der Waals surface area (Å²) in [4.78, 5) is 0. The minimum Gasteiger partial charge on any atom is -0.397 e. The van der Waals surface area contributed by atoms with Crippen molar-refractivity contribution in [2.45, 2.75) is 141 Å². The predicted molar refractivity (Wildman–Crippen MR) is 124 cm³/mol. The standard InChI is InChI=1S/C24H50O2Si/c1-7-8-9-16-19-22(25)20-17-14-12-10-11-13-15-18-21-23(26)27(5,6)24(2,3)4/h14,17,22-23,25-26H,7-13,15-16,18-21H2,1-6H3/b17-14-. The molecule has 0 radical (unpaired) electrons. The van der Waals surface area contributed by atoms with Gasteiger partial charge in [0, 0.05) is 5.73 Å². The molecule has 2 unspecified atom stereocenters. The van der Waals surface area contributed by atoms with E-state index in [1.165, 1.54) is 44.9 Å². The number of unbranched alkanes of at least 4 members (excludes halogenated alkanes) is 8. The second-order valence-electron chi connectivity index (χ2n) is 10.0. The van der Waals surface area contributed by atoms with E-state index in [2.05, 4.69) is 52.9 Å². The van der Waals surface area contributed by atoms with Crippen LogP contribution in [0.4, 0.5) is 0 Å². The Bertz CT molecular complexity index is 371. The lowest BCUT2D eigenvalue weighted by molar-refractivity contribution is 0.163. The Hall–Kier alpha value is -0.123. The fourth-order valence-electron chi connectivity index (χ4n) is 3.29. The van der Waals surface area contributed by atoms with Gasteiger partial charge in [-0.1, -0.05) is 104 Å². The molecule has 2 nitrogen and oxygen atoms in total. The molecule has 0 saturated heterocycles. The molecule has 0 aliphatic rings. The summed E-state index contributed by atoms with van der Waals surface area (Å²) in [5.74, 6) is 0. The van der Waals surface area contributed by atoms with Crippen molar-refractivity contribution in [1.29, 1.82) is 0 Å². The van der Waals surface area contributed by atoms with Gasteiger partial charge in [0.2, 0.25) is 0 Å². The Morgan fingerprint density at radius 3 is 1.96 bits per heavy atom. The van der Waals surface area contributed by atoms with Crippen LogP contribution >= 0.6 is 0 Å². The number of aliphatic hydroxyl groups is 2. The van der Waals surface area contributed by atoms with Gasteiger partial charge in [0.15, 0.2) is 0 Å². The van der Waals surface area contributed by atoms with Gasteiger partial charge in [-0.3, -0.25) is 0 Å². The lowest BCUT2D eigenvalue weighted by atomic mass is 10.1. The van der Waals surface area contributed by atoms with Crippen molar-refractivity contribution in [3.05, 3.63) is 12.2 Å². The molecule has 0 spiro atoms. The molecule has 162 valence electrons. The van der Waals surface area contributed by atoms with Crippen LogP contribution in [0.15, 0.2) is 12.2 Å². The molecule has 27 heavy (non-hydrogen) atoms. The smallest absolute Gasteiger partial charge is 0.0864 e. The summed E-state index contributed by atoms with van der Waals surface area (Å²) in [5, 5.41) is 20.8. The zero-order valence-corrected chi connectivity index (χ0v) is 20.4. The van der Waals surface area contributed by atoms with Gasteiger partial charge in [0.05, 0.1) is 14.2 Å². The van der Waals surface area contributed by atoms with E-state index in [0.29, 0.717) is 0 Å². The zero-order chi connectivity index (χ0) is 20.8. The summed E-state index contributed by atoms with van der Waals surface area (Å²) in [5.41, 5.74) is -0.0752. The number of rotatable bonds is 16. The van der Waals surface area contributed by atoms with Crippen molar-refractivity contribution >= 4 is 8.07 Å². The van der Waals surface area contributed by atoms with Crippen molar-refractivity contribution in [2.75, 3.05) is 0 Å². The Kier molecular flexibility index (Phi) is 14.7. The molecule has 3 heteroatoms. The van der Waals surface area contributed by atoms with Crippen molar-refractivity contribution in [3.63, 3.8) is 0 Å². The van der Waals surface area contributed by atoms with Gasteiger partial charge in [0.25, 0.3) is 0 Å². The van der Waals surface area contributed by atoms with Crippen molar-refractivity contribution < 1.29 is 10.2 Å². The molecule has 0 heterocycles. The number of hydrogen-bond donors (Lipinski definition) is 2. The molecular formula is C24H50O2Si. The topological polar surface area (TPSA) is 40.5 Å². The molecule has 0 aliphatic carbocycles. The largest absolute Gasteiger partial charge is 0.397 e. The van der Waals surface area contributed by atoms with Crippen molar-refractivity contribution in [1.82, 2.24) is 0 Å². The van der Waals surface area contributed by atoms with Crippen LogP contribution in [0.25, 0.3) is 0 Å². The average molecular weight is 399 g/mol. The monoisotopic (exact) mass is 398 g/mol. The van der Waals surface area contributed by atoms with E-state index in [0.717, 1.165) is 38.5 Å². The highest BCUT2D eigenvalue weighted by atomic mass is 28.3. The Morgan fingerprint density at radius 2 is 1.33 bits per heavy atom. The lowest BCUT2D eigenvalue weighted by Crippen LogP contribution is -2.49. The van der Waals surface area contributed by atoms with E-state index in [9.17, 15) is 10.2 Å². The molecule has 2 N–H and O–H groups in total. The van der Waals surface area contributed by atoms with Gasteiger partial charge in [-0.05, 0) is 37.1 Å². The fourth-order valence-corrected chi connectivity index (χ4v) is 5.21. The average Bonchev–Trinajstić information content (AvgIpc) is 2.59. The molecule has 0 aliphatic heterocycles. The summed E-state index contributed by atoms with van der Waals surface area (Å²) in [7, 11) is -1.60. The first-order valence-corrected chi connectivity index (χ1v) is 14.7. The quantitative estimate of drug-likeness (QED) is 0.161. The van der Waals surface area contributed by atoms with Crippen LogP contribution in [0.1, 0.15) is 111 Å². The Morgan fingerprint density at radius 1 is 0.778 bits per heavy atom. The van der Waals surface area contributed by atoms with Gasteiger partial charge in [-0.25, -0.2) is 0 Å². The molecule has 0 fully saturated rings. The second-order valence-corrected chi connectivity index (χ2v) is 15.7. The van der Waals surface area contributed by atoms with E-state index >= 15 is 0 Å². The van der Waals surface area contributed by atoms with E-state index in [-0.39, 0.29) is 16.9 Å². The normalized spacial score (nSPS) is 15.4. The van der Waals surface area contributed by atoms with E-state index in [1.807, 2.05) is 0 Å². The molecule has 0 rings (SSSR count). The molecule has 2 atom stereocenters. The Labute approximate surface area is 171 Å². The third kappa shape index (κ3) is 12.9. The van der Waals surface area contributed by atoms with Gasteiger partial charge >= 0.3 is 0 Å². The van der Waals surface area contributed by atoms with Gasteiger partial charge in [-0.2, -0.15) is 0 Å². The number of hydrogen-bond acceptors (Lipinski definition) is 2. The van der Waals surface area contributed by atoms with Crippen molar-refractivity contribution in [3.8, 4) is 0 Å². The van der Waals surface area contributed by atoms with Crippen LogP contribution in [-0.4, -0.2) is 30.1 Å². The summed E-state index contributed by atoms with van der Waals surface area (Å²) in [6, 6.07) is 0. The molecule has 0 aromatic rings. The molecule has 0 amide bonds. The summed E-state index contributed by atoms with van der Waals surface area (Å²) in [6.07, 6.45) is 19.3. The van der Waals surface area contributed by atoms with Crippen LogP contribution in [0, 0.1) is 0 Å². The molecule has 0 bridgehead atoms. The van der Waals surface area contributed by atoms with E-state index < -0.39 is 8.07 Å². The third-order valence-electron chi connectivity index (χ3n) is 6.58. The van der Waals surface area contributed by atoms with Crippen LogP contribution in [0.3, 0.4) is 0 Å². The van der Waals surface area contributed by atoms with Crippen molar-refractivity contribution in [2.24, 2.45) is 0 Å². The number of aliphatic hydroxyl groups excluding tert-OH is 2. The summed E-state index contributed by atoms with van der Waals surface area (Å²) in [6.45, 7) is 13.7. The molecule has 0 aromatic heterocycles. The predicted octanol–water partition coefficient (Wildman–Crippen LogP) is 7.40. The second kappa shape index (κ2) is 14.8. The van der Waals surface area contributed by atoms with E-state index in [4.69, 9.17) is 0 Å². The molecule has 0 aromatic carbocycles. The van der Waals surface area contributed by atoms with Gasteiger partial charge in [0.1, 0.15) is 0 Å². The van der Waals surface area contributed by atoms with Crippen LogP contribution in [0.5, 0.6) is 0 Å². The highest BCUT2D eigenvalue weighted by molar-refractivity contribution is 6.81. The maximum atomic E-state index is 10.6. The van der Waals surface area contributed by atoms with Crippen LogP contribution < -0.4 is 0 Å². The first-order valence-electron chi connectivity index (χ1n) is 11.6. The highest BCUT2D eigenvalue weighted by Gasteiger charge is 2.40. The maximum absolute atomic E-state index is 10.6.